The molecule has 0 N–H and O–H groups in total. The van der Waals surface area contributed by atoms with Gasteiger partial charge in [-0.25, -0.2) is 8.81 Å². The number of hydrogen-bond donors (Lipinski definition) is 0. The van der Waals surface area contributed by atoms with Gasteiger partial charge in [-0.2, -0.15) is 0 Å². The molecule has 0 bridgehead atoms. The molecular weight excluding hydrogens is 422 g/mol. The molecule has 0 aliphatic rings. The van der Waals surface area contributed by atoms with Gasteiger partial charge in [0, 0.05) is 5.56 Å². The molecule has 0 aliphatic carbocycles. The van der Waals surface area contributed by atoms with Crippen LogP contribution in [0.2, 0.25) is 0 Å². The molecule has 1 nitrogen and oxygen atoms in total. The van der Waals surface area contributed by atoms with Crippen LogP contribution < -0.4 is 0 Å². The Morgan fingerprint density at radius 1 is 0.531 bits per heavy atom. The maximum Gasteiger partial charge on any atom is 0.673 e. The van der Waals surface area contributed by atoms with Crippen LogP contribution in [0.4, 0.5) is 21.7 Å². The second-order valence-corrected chi connectivity index (χ2v) is 7.31. The maximum atomic E-state index is 13.3. The Labute approximate surface area is 183 Å². The quantitative estimate of drug-likeness (QED) is 0.176. The van der Waals surface area contributed by atoms with Crippen molar-refractivity contribution in [3.63, 3.8) is 0 Å². The minimum Gasteiger partial charge on any atom is -0.418 e. The molecule has 0 atom stereocenters. The van der Waals surface area contributed by atoms with E-state index < -0.39 is 7.25 Å². The Morgan fingerprint density at radius 3 is 1.28 bits per heavy atom. The van der Waals surface area contributed by atoms with Gasteiger partial charge in [0.15, 0.2) is 0 Å². The first-order valence-corrected chi connectivity index (χ1v) is 9.84. The molecule has 1 aromatic heterocycles. The highest BCUT2D eigenvalue weighted by Gasteiger charge is 2.21. The van der Waals surface area contributed by atoms with Crippen LogP contribution in [0.15, 0.2) is 89.3 Å². The molecule has 0 aliphatic heterocycles. The van der Waals surface area contributed by atoms with Crippen molar-refractivity contribution in [1.82, 2.24) is 0 Å². The minimum absolute atomic E-state index is 0.257. The highest BCUT2D eigenvalue weighted by atomic mass is 19.5. The Bertz CT molecular complexity index is 1010. The molecule has 1 heterocycles. The second kappa shape index (κ2) is 9.77. The van der Waals surface area contributed by atoms with E-state index >= 15 is 0 Å². The Kier molecular flexibility index (Phi) is 7.08. The van der Waals surface area contributed by atoms with E-state index in [2.05, 4.69) is 68.4 Å². The molecule has 0 unspecified atom stereocenters. The van der Waals surface area contributed by atoms with Crippen LogP contribution in [0.3, 0.4) is 0 Å². The molecule has 32 heavy (non-hydrogen) atoms. The van der Waals surface area contributed by atoms with Crippen LogP contribution >= 0.6 is 0 Å². The summed E-state index contributed by atoms with van der Waals surface area (Å²) < 4.78 is 58.5. The van der Waals surface area contributed by atoms with E-state index in [1.807, 2.05) is 6.07 Å². The van der Waals surface area contributed by atoms with Crippen LogP contribution in [-0.2, 0) is 0 Å². The Morgan fingerprint density at radius 2 is 0.875 bits per heavy atom. The second-order valence-electron chi connectivity index (χ2n) is 7.31. The zero-order chi connectivity index (χ0) is 23.3. The summed E-state index contributed by atoms with van der Waals surface area (Å²) >= 11 is 0. The van der Waals surface area contributed by atoms with Crippen LogP contribution in [0.1, 0.15) is 11.1 Å². The van der Waals surface area contributed by atoms with Gasteiger partial charge in [-0.1, -0.05) is 47.5 Å². The lowest BCUT2D eigenvalue weighted by molar-refractivity contribution is 0.368. The van der Waals surface area contributed by atoms with Crippen molar-refractivity contribution in [3.8, 4) is 33.8 Å². The first kappa shape index (κ1) is 23.2. The molecule has 4 rings (SSSR count). The largest absolute Gasteiger partial charge is 0.673 e. The first-order valence-electron chi connectivity index (χ1n) is 9.84. The summed E-state index contributed by atoms with van der Waals surface area (Å²) in [6.45, 7) is 4.14. The van der Waals surface area contributed by atoms with Gasteiger partial charge in [0.05, 0.1) is 23.3 Å². The maximum absolute atomic E-state index is 13.3. The zero-order valence-corrected chi connectivity index (χ0v) is 17.5. The first-order chi connectivity index (χ1) is 15.1. The molecule has 7 heteroatoms. The number of benzene rings is 3. The molecule has 0 amide bonds. The highest BCUT2D eigenvalue weighted by molar-refractivity contribution is 6.50. The molecule has 0 saturated carbocycles. The third-order valence-electron chi connectivity index (χ3n) is 4.64. The lowest BCUT2D eigenvalue weighted by atomic mass is 10.0. The van der Waals surface area contributed by atoms with E-state index in [9.17, 15) is 21.7 Å². The lowest BCUT2D eigenvalue weighted by Crippen LogP contribution is -2.02. The Hall–Kier alpha value is -3.48. The van der Waals surface area contributed by atoms with Crippen molar-refractivity contribution < 1.29 is 26.1 Å². The van der Waals surface area contributed by atoms with Crippen molar-refractivity contribution in [1.29, 1.82) is 0 Å². The molecule has 0 saturated heterocycles. The van der Waals surface area contributed by atoms with Crippen molar-refractivity contribution in [3.05, 3.63) is 102 Å². The van der Waals surface area contributed by atoms with E-state index in [4.69, 9.17) is 4.42 Å². The topological polar surface area (TPSA) is 11.3 Å². The summed E-state index contributed by atoms with van der Waals surface area (Å²) in [5.74, 6) is 1.24. The third-order valence-corrected chi connectivity index (χ3v) is 4.64. The minimum atomic E-state index is -6.00. The summed E-state index contributed by atoms with van der Waals surface area (Å²) in [4.78, 5) is 0. The number of halogens is 5. The number of rotatable bonds is 3. The summed E-state index contributed by atoms with van der Waals surface area (Å²) in [5, 5.41) is 0. The van der Waals surface area contributed by atoms with Crippen molar-refractivity contribution in [2.45, 2.75) is 13.8 Å². The predicted molar refractivity (Wildman–Crippen MR) is 119 cm³/mol. The van der Waals surface area contributed by atoms with Crippen LogP contribution in [-0.4, -0.2) is 7.25 Å². The molecule has 4 aromatic rings. The van der Waals surface area contributed by atoms with Gasteiger partial charge >= 0.3 is 18.8 Å². The van der Waals surface area contributed by atoms with Gasteiger partial charge in [0.2, 0.25) is 0 Å². The molecule has 0 radical (unpaired) electrons. The zero-order valence-electron chi connectivity index (χ0n) is 17.5. The molecule has 0 fully saturated rings. The fraction of sp³-hybridized carbons (Fsp3) is 0.0800. The standard InChI is InChI=1S/C25H20FO.BF4/c1-17-3-7-19(8-4-17)22-15-24(20-9-5-18(2)6-10-20)27-25(16-22)21-11-13-23(26)14-12-21;2-1(3,4)5/h3-16H,1-2H3;/q+1;-1. The predicted octanol–water partition coefficient (Wildman–Crippen LogP) is 8.62. The summed E-state index contributed by atoms with van der Waals surface area (Å²) in [6, 6.07) is 27.1. The van der Waals surface area contributed by atoms with Crippen LogP contribution in [0.5, 0.6) is 0 Å². The monoisotopic (exact) mass is 442 g/mol. The summed E-state index contributed by atoms with van der Waals surface area (Å²) in [5.41, 5.74) is 6.46. The number of aryl methyl sites for hydroxylation is 2. The van der Waals surface area contributed by atoms with E-state index in [1.165, 1.54) is 23.3 Å². The molecular formula is C25H20BF5O. The summed E-state index contributed by atoms with van der Waals surface area (Å²) in [6.07, 6.45) is 0. The van der Waals surface area contributed by atoms with Crippen LogP contribution in [0, 0.1) is 19.7 Å². The van der Waals surface area contributed by atoms with Crippen molar-refractivity contribution >= 4 is 7.25 Å². The van der Waals surface area contributed by atoms with Gasteiger partial charge in [0.1, 0.15) is 5.82 Å². The van der Waals surface area contributed by atoms with Gasteiger partial charge in [0.25, 0.3) is 0 Å². The molecule has 164 valence electrons. The van der Waals surface area contributed by atoms with E-state index in [1.54, 1.807) is 12.1 Å². The highest BCUT2D eigenvalue weighted by Crippen LogP contribution is 2.33. The Balaban J connectivity index is 0.000000523. The average molecular weight is 442 g/mol. The fourth-order valence-electron chi connectivity index (χ4n) is 3.03. The van der Waals surface area contributed by atoms with E-state index in [-0.39, 0.29) is 5.82 Å². The normalized spacial score (nSPS) is 11.0. The van der Waals surface area contributed by atoms with E-state index in [0.717, 1.165) is 28.0 Å². The average Bonchev–Trinajstić information content (AvgIpc) is 2.74. The van der Waals surface area contributed by atoms with Gasteiger partial charge in [-0.3, -0.25) is 0 Å². The number of hydrogen-bond acceptors (Lipinski definition) is 0. The van der Waals surface area contributed by atoms with E-state index in [0.29, 0.717) is 5.76 Å². The molecule has 0 spiro atoms. The SMILES string of the molecule is Cc1ccc(-c2cc(-c3ccc(C)cc3)[o+]c(-c3ccc(F)cc3)c2)cc1.F[B-](F)(F)F. The van der Waals surface area contributed by atoms with Crippen molar-refractivity contribution in [2.75, 3.05) is 0 Å². The van der Waals surface area contributed by atoms with Gasteiger partial charge in [-0.05, 0) is 55.8 Å². The van der Waals surface area contributed by atoms with Crippen LogP contribution in [0.25, 0.3) is 33.8 Å². The smallest absolute Gasteiger partial charge is 0.418 e. The third kappa shape index (κ3) is 6.77. The van der Waals surface area contributed by atoms with Crippen molar-refractivity contribution in [2.24, 2.45) is 0 Å². The van der Waals surface area contributed by atoms with Gasteiger partial charge in [-0.15, -0.1) is 0 Å². The lowest BCUT2D eigenvalue weighted by Gasteiger charge is -2.03. The summed E-state index contributed by atoms with van der Waals surface area (Å²) in [7, 11) is -6.00. The fourth-order valence-corrected chi connectivity index (χ4v) is 3.03. The van der Waals surface area contributed by atoms with Gasteiger partial charge < -0.3 is 17.3 Å². The molecule has 3 aromatic carbocycles.